The number of carbonyl (C=O) groups is 1. The van der Waals surface area contributed by atoms with E-state index in [9.17, 15) is 4.79 Å². The lowest BCUT2D eigenvalue weighted by Crippen LogP contribution is -2.38. The van der Waals surface area contributed by atoms with Gasteiger partial charge in [0.15, 0.2) is 6.10 Å². The lowest BCUT2D eigenvalue weighted by atomic mass is 9.87. The maximum absolute atomic E-state index is 12.4. The molecule has 0 aromatic heterocycles. The molecule has 0 saturated heterocycles. The van der Waals surface area contributed by atoms with Gasteiger partial charge in [0, 0.05) is 19.6 Å². The molecular weight excluding hydrogens is 408 g/mol. The Bertz CT molecular complexity index is 1060. The predicted octanol–water partition coefficient (Wildman–Crippen LogP) is 5.44. The van der Waals surface area contributed by atoms with Crippen molar-refractivity contribution < 1.29 is 9.53 Å². The molecule has 1 aliphatic heterocycles. The van der Waals surface area contributed by atoms with Crippen molar-refractivity contribution in [1.82, 2.24) is 10.2 Å². The van der Waals surface area contributed by atoms with E-state index >= 15 is 0 Å². The van der Waals surface area contributed by atoms with E-state index < -0.39 is 6.10 Å². The van der Waals surface area contributed by atoms with Crippen molar-refractivity contribution in [2.24, 2.45) is 0 Å². The molecule has 1 N–H and O–H groups in total. The zero-order chi connectivity index (χ0) is 23.2. The minimum Gasteiger partial charge on any atom is -0.481 e. The van der Waals surface area contributed by atoms with Gasteiger partial charge in [-0.2, -0.15) is 0 Å². The Morgan fingerprint density at radius 1 is 1.06 bits per heavy atom. The number of nitrogens with one attached hydrogen (secondary N) is 1. The van der Waals surface area contributed by atoms with Crippen molar-refractivity contribution >= 4 is 5.91 Å². The second-order valence-electron chi connectivity index (χ2n) is 8.79. The second-order valence-corrected chi connectivity index (χ2v) is 8.79. The summed E-state index contributed by atoms with van der Waals surface area (Å²) in [7, 11) is 0. The molecule has 0 fully saturated rings. The Kier molecular flexibility index (Phi) is 7.46. The minimum atomic E-state index is -0.481. The molecule has 0 bridgehead atoms. The van der Waals surface area contributed by atoms with E-state index in [1.165, 1.54) is 27.8 Å². The van der Waals surface area contributed by atoms with Crippen LogP contribution in [0, 0.1) is 6.92 Å². The Hall–Kier alpha value is -3.11. The average molecular weight is 443 g/mol. The zero-order valence-corrected chi connectivity index (χ0v) is 19.9. The predicted molar refractivity (Wildman–Crippen MR) is 133 cm³/mol. The highest BCUT2D eigenvalue weighted by Gasteiger charge is 2.29. The van der Waals surface area contributed by atoms with Crippen LogP contribution in [0.4, 0.5) is 0 Å². The van der Waals surface area contributed by atoms with Crippen LogP contribution in [-0.4, -0.2) is 30.0 Å². The summed E-state index contributed by atoms with van der Waals surface area (Å²) >= 11 is 0. The van der Waals surface area contributed by atoms with Crippen molar-refractivity contribution in [2.75, 3.05) is 13.1 Å². The fourth-order valence-corrected chi connectivity index (χ4v) is 4.62. The molecule has 1 amide bonds. The molecule has 1 aliphatic rings. The van der Waals surface area contributed by atoms with Crippen LogP contribution in [0.3, 0.4) is 0 Å². The van der Waals surface area contributed by atoms with E-state index in [1.54, 1.807) is 0 Å². The molecule has 3 aromatic carbocycles. The van der Waals surface area contributed by atoms with E-state index in [0.29, 0.717) is 13.0 Å². The van der Waals surface area contributed by atoms with E-state index in [0.717, 1.165) is 25.3 Å². The highest BCUT2D eigenvalue weighted by molar-refractivity contribution is 5.81. The number of nitrogens with zero attached hydrogens (tertiary/aromatic N) is 1. The third-order valence-electron chi connectivity index (χ3n) is 6.36. The normalized spacial score (nSPS) is 16.6. The molecule has 4 heteroatoms. The van der Waals surface area contributed by atoms with Crippen LogP contribution in [-0.2, 0) is 17.8 Å². The van der Waals surface area contributed by atoms with Crippen LogP contribution in [0.15, 0.2) is 72.8 Å². The number of likely N-dealkylation sites (N-methyl/N-ethyl adjacent to an activating group) is 1. The summed E-state index contributed by atoms with van der Waals surface area (Å²) in [6.45, 7) is 8.52. The largest absolute Gasteiger partial charge is 0.481 e. The van der Waals surface area contributed by atoms with E-state index in [1.807, 2.05) is 19.9 Å². The van der Waals surface area contributed by atoms with Crippen LogP contribution in [0.5, 0.6) is 5.75 Å². The fraction of sp³-hybridized carbons (Fsp3) is 0.345. The Balaban J connectivity index is 1.67. The third kappa shape index (κ3) is 5.45. The molecule has 172 valence electrons. The lowest BCUT2D eigenvalue weighted by Gasteiger charge is -2.38. The molecule has 0 aliphatic carbocycles. The van der Waals surface area contributed by atoms with Gasteiger partial charge in [0.05, 0.1) is 6.04 Å². The van der Waals surface area contributed by atoms with Crippen LogP contribution in [0.2, 0.25) is 0 Å². The van der Waals surface area contributed by atoms with Gasteiger partial charge in [0.25, 0.3) is 5.91 Å². The van der Waals surface area contributed by atoms with Gasteiger partial charge in [-0.3, -0.25) is 9.69 Å². The first-order chi connectivity index (χ1) is 16.1. The van der Waals surface area contributed by atoms with Crippen LogP contribution in [0.1, 0.15) is 54.1 Å². The average Bonchev–Trinajstić information content (AvgIpc) is 2.84. The Morgan fingerprint density at radius 2 is 1.82 bits per heavy atom. The second kappa shape index (κ2) is 10.7. The summed E-state index contributed by atoms with van der Waals surface area (Å²) in [5, 5.41) is 2.88. The number of rotatable bonds is 8. The lowest BCUT2D eigenvalue weighted by molar-refractivity contribution is -0.128. The maximum atomic E-state index is 12.4. The number of amides is 1. The minimum absolute atomic E-state index is 0.0571. The molecule has 4 nitrogen and oxygen atoms in total. The molecule has 4 rings (SSSR count). The zero-order valence-electron chi connectivity index (χ0n) is 19.9. The molecule has 0 saturated carbocycles. The number of ether oxygens (including phenoxy) is 1. The molecule has 0 unspecified atom stereocenters. The quantitative estimate of drug-likeness (QED) is 0.505. The van der Waals surface area contributed by atoms with E-state index in [4.69, 9.17) is 4.74 Å². The molecular formula is C29H34N2O2. The molecule has 2 atom stereocenters. The topological polar surface area (TPSA) is 41.6 Å². The first-order valence-electron chi connectivity index (χ1n) is 12.0. The van der Waals surface area contributed by atoms with E-state index in [2.05, 4.69) is 83.9 Å². The van der Waals surface area contributed by atoms with Gasteiger partial charge >= 0.3 is 0 Å². The molecule has 0 spiro atoms. The van der Waals surface area contributed by atoms with Crippen LogP contribution >= 0.6 is 0 Å². The smallest absolute Gasteiger partial charge is 0.261 e. The van der Waals surface area contributed by atoms with Gasteiger partial charge in [-0.05, 0) is 61.1 Å². The number of hydrogen-bond acceptors (Lipinski definition) is 3. The third-order valence-corrected chi connectivity index (χ3v) is 6.36. The van der Waals surface area contributed by atoms with Crippen molar-refractivity contribution in [3.05, 3.63) is 101 Å². The van der Waals surface area contributed by atoms with E-state index in [-0.39, 0.29) is 11.9 Å². The molecule has 3 aromatic rings. The summed E-state index contributed by atoms with van der Waals surface area (Å²) < 4.78 is 6.16. The number of aryl methyl sites for hydroxylation is 1. The maximum Gasteiger partial charge on any atom is 0.261 e. The van der Waals surface area contributed by atoms with Gasteiger partial charge < -0.3 is 10.1 Å². The molecule has 1 heterocycles. The summed E-state index contributed by atoms with van der Waals surface area (Å²) in [5.74, 6) is 0.697. The molecule has 33 heavy (non-hydrogen) atoms. The number of fused-ring (bicyclic) bond motifs is 1. The van der Waals surface area contributed by atoms with Crippen molar-refractivity contribution in [3.63, 3.8) is 0 Å². The monoisotopic (exact) mass is 442 g/mol. The van der Waals surface area contributed by atoms with Crippen LogP contribution < -0.4 is 10.1 Å². The van der Waals surface area contributed by atoms with Gasteiger partial charge in [0.2, 0.25) is 0 Å². The summed E-state index contributed by atoms with van der Waals surface area (Å²) in [5.41, 5.74) is 6.49. The number of hydrogen-bond donors (Lipinski definition) is 1. The highest BCUT2D eigenvalue weighted by atomic mass is 16.5. The van der Waals surface area contributed by atoms with Gasteiger partial charge in [0.1, 0.15) is 5.75 Å². The Morgan fingerprint density at radius 3 is 2.52 bits per heavy atom. The number of benzene rings is 3. The summed E-state index contributed by atoms with van der Waals surface area (Å²) in [6, 6.07) is 26.0. The molecule has 0 radical (unpaired) electrons. The van der Waals surface area contributed by atoms with Crippen molar-refractivity contribution in [2.45, 2.75) is 52.3 Å². The number of carbonyl (C=O) groups excluding carboxylic acids is 1. The summed E-state index contributed by atoms with van der Waals surface area (Å²) in [4.78, 5) is 14.9. The van der Waals surface area contributed by atoms with Crippen LogP contribution in [0.25, 0.3) is 0 Å². The van der Waals surface area contributed by atoms with Gasteiger partial charge in [-0.1, -0.05) is 73.2 Å². The first kappa shape index (κ1) is 23.1. The van der Waals surface area contributed by atoms with Gasteiger partial charge in [-0.25, -0.2) is 0 Å². The fourth-order valence-electron chi connectivity index (χ4n) is 4.62. The first-order valence-corrected chi connectivity index (χ1v) is 12.0. The van der Waals surface area contributed by atoms with Crippen molar-refractivity contribution in [1.29, 1.82) is 0 Å². The highest BCUT2D eigenvalue weighted by Crippen LogP contribution is 2.38. The van der Waals surface area contributed by atoms with Crippen molar-refractivity contribution in [3.8, 4) is 5.75 Å². The standard InChI is InChI=1S/C29H34N2O2/c1-4-27(29(32)30-5-2)33-25-16-15-23-17-18-31(20-22-13-11-21(3)12-14-22)28(26(23)19-25)24-9-7-6-8-10-24/h6-16,19,27-28H,4-5,17-18,20H2,1-3H3,(H,30,32)/t27-,28-/m1/s1. The Labute approximate surface area is 197 Å². The SMILES string of the molecule is CCNC(=O)[C@@H](CC)Oc1ccc2c(c1)[C@@H](c1ccccc1)N(Cc1ccc(C)cc1)CC2. The van der Waals surface area contributed by atoms with Gasteiger partial charge in [-0.15, -0.1) is 0 Å². The summed E-state index contributed by atoms with van der Waals surface area (Å²) in [6.07, 6.45) is 1.15.